The topological polar surface area (TPSA) is 44.8 Å². The van der Waals surface area contributed by atoms with E-state index in [1.165, 1.54) is 0 Å². The molecule has 0 saturated carbocycles. The third-order valence-electron chi connectivity index (χ3n) is 2.17. The molecule has 0 fully saturated rings. The molecule has 114 valence electrons. The van der Waals surface area contributed by atoms with E-state index in [1.54, 1.807) is 19.2 Å². The lowest BCUT2D eigenvalue weighted by Crippen LogP contribution is -2.33. The van der Waals surface area contributed by atoms with E-state index < -0.39 is 24.2 Å². The molecule has 0 bridgehead atoms. The van der Waals surface area contributed by atoms with Crippen molar-refractivity contribution in [1.82, 2.24) is 0 Å². The monoisotopic (exact) mass is 332 g/mol. The first kappa shape index (κ1) is 17.7. The second kappa shape index (κ2) is 6.16. The molecular formula is C13H25O4PSi2. The SMILES string of the molecule is COc1ccccc1P(=O)(O[Si](C)(C)C)O[Si](C)(C)C. The normalized spacial score (nSPS) is 13.3. The largest absolute Gasteiger partial charge is 0.496 e. The van der Waals surface area contributed by atoms with Gasteiger partial charge in [0.15, 0.2) is 16.6 Å². The first-order valence-electron chi connectivity index (χ1n) is 6.62. The fourth-order valence-electron chi connectivity index (χ4n) is 1.69. The molecule has 7 heteroatoms. The molecule has 0 radical (unpaired) electrons. The predicted octanol–water partition coefficient (Wildman–Crippen LogP) is 4.22. The van der Waals surface area contributed by atoms with Crippen LogP contribution in [-0.2, 0) is 13.0 Å². The Kier molecular flexibility index (Phi) is 5.43. The van der Waals surface area contributed by atoms with E-state index in [2.05, 4.69) is 0 Å². The second-order valence-electron chi connectivity index (χ2n) is 6.58. The van der Waals surface area contributed by atoms with Gasteiger partial charge < -0.3 is 13.2 Å². The van der Waals surface area contributed by atoms with Gasteiger partial charge in [-0.2, -0.15) is 0 Å². The molecule has 0 aliphatic rings. The van der Waals surface area contributed by atoms with Crippen LogP contribution in [0, 0.1) is 0 Å². The Labute approximate surface area is 124 Å². The first-order valence-corrected chi connectivity index (χ1v) is 15.0. The van der Waals surface area contributed by atoms with Crippen molar-refractivity contribution in [2.45, 2.75) is 39.3 Å². The lowest BCUT2D eigenvalue weighted by atomic mass is 10.3. The van der Waals surface area contributed by atoms with Crippen LogP contribution in [0.4, 0.5) is 0 Å². The Morgan fingerprint density at radius 1 is 0.900 bits per heavy atom. The van der Waals surface area contributed by atoms with Crippen molar-refractivity contribution in [3.63, 3.8) is 0 Å². The van der Waals surface area contributed by atoms with E-state index >= 15 is 0 Å². The summed E-state index contributed by atoms with van der Waals surface area (Å²) in [6.07, 6.45) is 0. The van der Waals surface area contributed by atoms with Crippen LogP contribution in [0.1, 0.15) is 0 Å². The molecule has 4 nitrogen and oxygen atoms in total. The lowest BCUT2D eigenvalue weighted by molar-refractivity contribution is 0.388. The molecule has 0 N–H and O–H groups in total. The fourth-order valence-corrected chi connectivity index (χ4v) is 9.44. The van der Waals surface area contributed by atoms with Crippen molar-refractivity contribution in [2.75, 3.05) is 7.11 Å². The van der Waals surface area contributed by atoms with Crippen molar-refractivity contribution < 1.29 is 17.7 Å². The predicted molar refractivity (Wildman–Crippen MR) is 89.1 cm³/mol. The molecule has 1 aromatic rings. The van der Waals surface area contributed by atoms with Crippen molar-refractivity contribution in [3.05, 3.63) is 24.3 Å². The molecule has 0 saturated heterocycles. The number of benzene rings is 1. The molecule has 0 heterocycles. The van der Waals surface area contributed by atoms with Crippen LogP contribution in [0.3, 0.4) is 0 Å². The summed E-state index contributed by atoms with van der Waals surface area (Å²) in [5, 5.41) is 0.521. The van der Waals surface area contributed by atoms with Gasteiger partial charge in [0.05, 0.1) is 7.11 Å². The van der Waals surface area contributed by atoms with Crippen molar-refractivity contribution in [2.24, 2.45) is 0 Å². The van der Waals surface area contributed by atoms with Gasteiger partial charge in [-0.1, -0.05) is 12.1 Å². The average Bonchev–Trinajstić information content (AvgIpc) is 2.23. The summed E-state index contributed by atoms with van der Waals surface area (Å²) in [4.78, 5) is 0. The summed E-state index contributed by atoms with van der Waals surface area (Å²) in [6, 6.07) is 7.21. The molecule has 0 atom stereocenters. The molecule has 20 heavy (non-hydrogen) atoms. The summed E-state index contributed by atoms with van der Waals surface area (Å²) >= 11 is 0. The third kappa shape index (κ3) is 5.18. The zero-order valence-electron chi connectivity index (χ0n) is 13.4. The highest BCUT2D eigenvalue weighted by Crippen LogP contribution is 2.53. The maximum atomic E-state index is 13.4. The molecule has 0 aliphatic carbocycles. The zero-order valence-corrected chi connectivity index (χ0v) is 16.3. The van der Waals surface area contributed by atoms with Crippen LogP contribution in [0.15, 0.2) is 24.3 Å². The summed E-state index contributed by atoms with van der Waals surface area (Å²) in [6.45, 7) is 12.0. The molecular weight excluding hydrogens is 307 g/mol. The van der Waals surface area contributed by atoms with Gasteiger partial charge >= 0.3 is 7.60 Å². The zero-order chi connectivity index (χ0) is 15.6. The van der Waals surface area contributed by atoms with Gasteiger partial charge in [0, 0.05) is 0 Å². The van der Waals surface area contributed by atoms with Crippen LogP contribution < -0.4 is 10.0 Å². The van der Waals surface area contributed by atoms with Gasteiger partial charge in [0.25, 0.3) is 0 Å². The second-order valence-corrected chi connectivity index (χ2v) is 18.0. The molecule has 1 aromatic carbocycles. The molecule has 0 spiro atoms. The van der Waals surface area contributed by atoms with Crippen LogP contribution in [0.25, 0.3) is 0 Å². The van der Waals surface area contributed by atoms with Gasteiger partial charge in [0.1, 0.15) is 11.1 Å². The van der Waals surface area contributed by atoms with Gasteiger partial charge in [-0.25, -0.2) is 0 Å². The quantitative estimate of drug-likeness (QED) is 0.578. The maximum absolute atomic E-state index is 13.4. The van der Waals surface area contributed by atoms with Crippen LogP contribution in [-0.4, -0.2) is 23.7 Å². The standard InChI is InChI=1S/C13H25O4PSi2/c1-15-12-10-8-9-11-13(12)18(14,16-19(2,3)4)17-20(5,6)7/h8-11H,1-7H3. The number of rotatable bonds is 6. The fraction of sp³-hybridized carbons (Fsp3) is 0.538. The molecule has 0 aromatic heterocycles. The summed E-state index contributed by atoms with van der Waals surface area (Å²) in [7, 11) is -5.87. The van der Waals surface area contributed by atoms with E-state index in [4.69, 9.17) is 13.2 Å². The Balaban J connectivity index is 3.33. The van der Waals surface area contributed by atoms with Gasteiger partial charge in [-0.05, 0) is 51.4 Å². The minimum absolute atomic E-state index is 0.521. The maximum Gasteiger partial charge on any atom is 0.345 e. The minimum Gasteiger partial charge on any atom is -0.496 e. The summed E-state index contributed by atoms with van der Waals surface area (Å²) in [5.41, 5.74) is 0. The number of hydrogen-bond donors (Lipinski definition) is 0. The minimum atomic E-state index is -3.37. The van der Waals surface area contributed by atoms with Gasteiger partial charge in [-0.15, -0.1) is 0 Å². The van der Waals surface area contributed by atoms with Gasteiger partial charge in [0.2, 0.25) is 0 Å². The van der Waals surface area contributed by atoms with Crippen LogP contribution >= 0.6 is 7.60 Å². The number of ether oxygens (including phenoxy) is 1. The van der Waals surface area contributed by atoms with Crippen LogP contribution in [0.5, 0.6) is 5.75 Å². The van der Waals surface area contributed by atoms with E-state index in [0.717, 1.165) is 0 Å². The van der Waals surface area contributed by atoms with Crippen molar-refractivity contribution in [3.8, 4) is 5.75 Å². The number of para-hydroxylation sites is 1. The number of methoxy groups -OCH3 is 1. The molecule has 0 amide bonds. The highest BCUT2D eigenvalue weighted by molar-refractivity contribution is 7.65. The van der Waals surface area contributed by atoms with Gasteiger partial charge in [-0.3, -0.25) is 4.57 Å². The Morgan fingerprint density at radius 3 is 1.75 bits per heavy atom. The third-order valence-corrected chi connectivity index (χ3v) is 9.43. The van der Waals surface area contributed by atoms with Crippen molar-refractivity contribution >= 4 is 29.5 Å². The highest BCUT2D eigenvalue weighted by Gasteiger charge is 2.39. The lowest BCUT2D eigenvalue weighted by Gasteiger charge is -2.31. The first-order chi connectivity index (χ1) is 8.97. The van der Waals surface area contributed by atoms with Crippen LogP contribution in [0.2, 0.25) is 39.3 Å². The van der Waals surface area contributed by atoms with E-state index in [9.17, 15) is 4.57 Å². The molecule has 1 rings (SSSR count). The smallest absolute Gasteiger partial charge is 0.345 e. The van der Waals surface area contributed by atoms with Crippen molar-refractivity contribution in [1.29, 1.82) is 0 Å². The summed E-state index contributed by atoms with van der Waals surface area (Å²) < 4.78 is 30.6. The summed E-state index contributed by atoms with van der Waals surface area (Å²) in [5.74, 6) is 0.548. The average molecular weight is 332 g/mol. The number of hydrogen-bond acceptors (Lipinski definition) is 4. The molecule has 0 unspecified atom stereocenters. The van der Waals surface area contributed by atoms with E-state index in [-0.39, 0.29) is 0 Å². The molecule has 0 aliphatic heterocycles. The Bertz CT molecular complexity index is 486. The van der Waals surface area contributed by atoms with E-state index in [1.807, 2.05) is 51.4 Å². The van der Waals surface area contributed by atoms with E-state index in [0.29, 0.717) is 11.1 Å². The Morgan fingerprint density at radius 2 is 1.35 bits per heavy atom. The Hall–Kier alpha value is -0.396. The highest BCUT2D eigenvalue weighted by atomic mass is 31.2.